The number of ether oxygens (including phenoxy) is 2. The zero-order chi connectivity index (χ0) is 16.9. The van der Waals surface area contributed by atoms with Gasteiger partial charge in [0.2, 0.25) is 5.91 Å². The highest BCUT2D eigenvalue weighted by Gasteiger charge is 2.22. The van der Waals surface area contributed by atoms with Crippen LogP contribution in [0.2, 0.25) is 0 Å². The van der Waals surface area contributed by atoms with Crippen LogP contribution in [0.1, 0.15) is 37.6 Å². The van der Waals surface area contributed by atoms with Crippen LogP contribution in [0.5, 0.6) is 11.5 Å². The van der Waals surface area contributed by atoms with Crippen molar-refractivity contribution in [2.24, 2.45) is 11.8 Å². The zero-order valence-corrected chi connectivity index (χ0v) is 13.6. The van der Waals surface area contributed by atoms with E-state index < -0.39 is 5.97 Å². The first kappa shape index (κ1) is 17.8. The number of carbonyl (C=O) groups excluding carboxylic acids is 1. The third-order valence-electron chi connectivity index (χ3n) is 3.89. The lowest BCUT2D eigenvalue weighted by atomic mass is 9.93. The highest BCUT2D eigenvalue weighted by atomic mass is 16.5. The van der Waals surface area contributed by atoms with Crippen molar-refractivity contribution in [2.45, 2.75) is 27.2 Å². The average molecular weight is 309 g/mol. The first-order valence-electron chi connectivity index (χ1n) is 7.15. The number of hydrogen-bond acceptors (Lipinski definition) is 4. The first-order chi connectivity index (χ1) is 10.3. The summed E-state index contributed by atoms with van der Waals surface area (Å²) in [5, 5.41) is 11.9. The van der Waals surface area contributed by atoms with E-state index in [1.54, 1.807) is 0 Å². The van der Waals surface area contributed by atoms with Gasteiger partial charge in [-0.15, -0.1) is 0 Å². The molecule has 0 aromatic heterocycles. The van der Waals surface area contributed by atoms with Gasteiger partial charge in [0.15, 0.2) is 11.5 Å². The molecule has 0 spiro atoms. The summed E-state index contributed by atoms with van der Waals surface area (Å²) in [6.45, 7) is 5.85. The molecular formula is C16H23NO5. The van der Waals surface area contributed by atoms with E-state index in [9.17, 15) is 9.59 Å². The predicted molar refractivity (Wildman–Crippen MR) is 83.8 cm³/mol. The number of anilines is 1. The second-order valence-corrected chi connectivity index (χ2v) is 5.23. The highest BCUT2D eigenvalue weighted by molar-refractivity contribution is 5.97. The Morgan fingerprint density at radius 1 is 1.23 bits per heavy atom. The Bertz CT molecular complexity index is 556. The molecule has 1 amide bonds. The van der Waals surface area contributed by atoms with E-state index in [-0.39, 0.29) is 29.1 Å². The van der Waals surface area contributed by atoms with Gasteiger partial charge < -0.3 is 19.9 Å². The summed E-state index contributed by atoms with van der Waals surface area (Å²) in [4.78, 5) is 23.5. The Kier molecular flexibility index (Phi) is 6.22. The van der Waals surface area contributed by atoms with Crippen molar-refractivity contribution in [2.75, 3.05) is 19.5 Å². The summed E-state index contributed by atoms with van der Waals surface area (Å²) in [7, 11) is 2.85. The maximum atomic E-state index is 12.3. The van der Waals surface area contributed by atoms with Crippen molar-refractivity contribution < 1.29 is 24.2 Å². The molecule has 22 heavy (non-hydrogen) atoms. The van der Waals surface area contributed by atoms with Crippen LogP contribution in [0.4, 0.5) is 5.69 Å². The van der Waals surface area contributed by atoms with Crippen LogP contribution < -0.4 is 14.8 Å². The van der Waals surface area contributed by atoms with Gasteiger partial charge in [-0.3, -0.25) is 4.79 Å². The molecule has 0 fully saturated rings. The molecule has 0 radical (unpaired) electrons. The van der Waals surface area contributed by atoms with E-state index in [0.29, 0.717) is 11.4 Å². The number of aromatic carboxylic acids is 1. The minimum absolute atomic E-state index is 0.0177. The van der Waals surface area contributed by atoms with Gasteiger partial charge in [-0.2, -0.15) is 0 Å². The van der Waals surface area contributed by atoms with Gasteiger partial charge in [-0.1, -0.05) is 27.2 Å². The molecule has 6 nitrogen and oxygen atoms in total. The molecule has 1 rings (SSSR count). The number of amides is 1. The number of methoxy groups -OCH3 is 2. The van der Waals surface area contributed by atoms with Gasteiger partial charge in [-0.25, -0.2) is 4.79 Å². The van der Waals surface area contributed by atoms with Crippen LogP contribution in [0.25, 0.3) is 0 Å². The minimum Gasteiger partial charge on any atom is -0.493 e. The summed E-state index contributed by atoms with van der Waals surface area (Å²) in [6, 6.07) is 2.72. The Labute approximate surface area is 130 Å². The lowest BCUT2D eigenvalue weighted by molar-refractivity contribution is -0.120. The third kappa shape index (κ3) is 3.90. The second-order valence-electron chi connectivity index (χ2n) is 5.23. The Balaban J connectivity index is 3.19. The number of rotatable bonds is 7. The second kappa shape index (κ2) is 7.68. The number of hydrogen-bond donors (Lipinski definition) is 2. The summed E-state index contributed by atoms with van der Waals surface area (Å²) in [5.74, 6) is -0.709. The number of benzene rings is 1. The molecule has 0 saturated carbocycles. The molecule has 0 aliphatic carbocycles. The number of carboxylic acid groups (broad SMARTS) is 1. The van der Waals surface area contributed by atoms with Gasteiger partial charge in [0.1, 0.15) is 0 Å². The standard InChI is InChI=1S/C16H23NO5/c1-6-9(2)10(3)15(18)17-12-7-11(16(19)20)8-13(21-4)14(12)22-5/h7-10H,6H2,1-5H3,(H,17,18)(H,19,20). The monoisotopic (exact) mass is 309 g/mol. The molecule has 2 unspecified atom stereocenters. The topological polar surface area (TPSA) is 84.9 Å². The van der Waals surface area contributed by atoms with Crippen LogP contribution in [0.15, 0.2) is 12.1 Å². The summed E-state index contributed by atoms with van der Waals surface area (Å²) < 4.78 is 10.4. The number of nitrogens with one attached hydrogen (secondary N) is 1. The lowest BCUT2D eigenvalue weighted by Gasteiger charge is -2.20. The quantitative estimate of drug-likeness (QED) is 0.808. The van der Waals surface area contributed by atoms with E-state index in [4.69, 9.17) is 14.6 Å². The van der Waals surface area contributed by atoms with E-state index in [1.165, 1.54) is 26.4 Å². The van der Waals surface area contributed by atoms with Crippen LogP contribution in [0.3, 0.4) is 0 Å². The molecule has 0 aliphatic heterocycles. The summed E-state index contributed by atoms with van der Waals surface area (Å²) >= 11 is 0. The SMILES string of the molecule is CCC(C)C(C)C(=O)Nc1cc(C(=O)O)cc(OC)c1OC. The van der Waals surface area contributed by atoms with Gasteiger partial charge in [0.25, 0.3) is 0 Å². The molecule has 0 heterocycles. The van der Waals surface area contributed by atoms with Gasteiger partial charge in [-0.05, 0) is 18.1 Å². The van der Waals surface area contributed by atoms with Crippen LogP contribution in [0, 0.1) is 11.8 Å². The van der Waals surface area contributed by atoms with E-state index in [2.05, 4.69) is 5.32 Å². The average Bonchev–Trinajstić information content (AvgIpc) is 2.52. The minimum atomic E-state index is -1.11. The molecule has 1 aromatic carbocycles. The van der Waals surface area contributed by atoms with E-state index in [1.807, 2.05) is 20.8 Å². The molecule has 2 N–H and O–H groups in total. The highest BCUT2D eigenvalue weighted by Crippen LogP contribution is 2.37. The van der Waals surface area contributed by atoms with Crippen molar-refractivity contribution in [3.8, 4) is 11.5 Å². The predicted octanol–water partition coefficient (Wildman–Crippen LogP) is 3.02. The molecule has 2 atom stereocenters. The molecule has 1 aromatic rings. The Morgan fingerprint density at radius 2 is 1.86 bits per heavy atom. The van der Waals surface area contributed by atoms with Crippen LogP contribution >= 0.6 is 0 Å². The van der Waals surface area contributed by atoms with Gasteiger partial charge >= 0.3 is 5.97 Å². The van der Waals surface area contributed by atoms with E-state index >= 15 is 0 Å². The largest absolute Gasteiger partial charge is 0.493 e. The zero-order valence-electron chi connectivity index (χ0n) is 13.6. The van der Waals surface area contributed by atoms with Crippen LogP contribution in [-0.2, 0) is 4.79 Å². The Morgan fingerprint density at radius 3 is 2.32 bits per heavy atom. The normalized spacial score (nSPS) is 13.1. The fraction of sp³-hybridized carbons (Fsp3) is 0.500. The van der Waals surface area contributed by atoms with Gasteiger partial charge in [0, 0.05) is 5.92 Å². The summed E-state index contributed by atoms with van der Waals surface area (Å²) in [6.07, 6.45) is 0.879. The maximum Gasteiger partial charge on any atom is 0.335 e. The molecule has 0 aliphatic rings. The fourth-order valence-electron chi connectivity index (χ4n) is 2.04. The first-order valence-corrected chi connectivity index (χ1v) is 7.15. The maximum absolute atomic E-state index is 12.3. The smallest absolute Gasteiger partial charge is 0.335 e. The molecule has 0 saturated heterocycles. The molecule has 0 bridgehead atoms. The van der Waals surface area contributed by atoms with Crippen molar-refractivity contribution >= 4 is 17.6 Å². The molecule has 6 heteroatoms. The van der Waals surface area contributed by atoms with Crippen molar-refractivity contribution in [1.82, 2.24) is 0 Å². The van der Waals surface area contributed by atoms with E-state index in [0.717, 1.165) is 6.42 Å². The number of carboxylic acids is 1. The molecular weight excluding hydrogens is 286 g/mol. The third-order valence-corrected chi connectivity index (χ3v) is 3.89. The van der Waals surface area contributed by atoms with Crippen molar-refractivity contribution in [3.05, 3.63) is 17.7 Å². The fourth-order valence-corrected chi connectivity index (χ4v) is 2.04. The summed E-state index contributed by atoms with van der Waals surface area (Å²) in [5.41, 5.74) is 0.309. The van der Waals surface area contributed by atoms with Crippen molar-refractivity contribution in [3.63, 3.8) is 0 Å². The van der Waals surface area contributed by atoms with Crippen molar-refractivity contribution in [1.29, 1.82) is 0 Å². The lowest BCUT2D eigenvalue weighted by Crippen LogP contribution is -2.25. The number of carbonyl (C=O) groups is 2. The molecule has 122 valence electrons. The van der Waals surface area contributed by atoms with Crippen LogP contribution in [-0.4, -0.2) is 31.2 Å². The Hall–Kier alpha value is -2.24. The van der Waals surface area contributed by atoms with Gasteiger partial charge in [0.05, 0.1) is 25.5 Å².